The van der Waals surface area contributed by atoms with Crippen LogP contribution in [0.5, 0.6) is 0 Å². The van der Waals surface area contributed by atoms with E-state index in [0.717, 1.165) is 48.4 Å². The van der Waals surface area contributed by atoms with Gasteiger partial charge in [-0.3, -0.25) is 4.79 Å². The minimum atomic E-state index is 0.110. The first-order valence-corrected chi connectivity index (χ1v) is 10.4. The van der Waals surface area contributed by atoms with Crippen molar-refractivity contribution >= 4 is 23.1 Å². The van der Waals surface area contributed by atoms with Crippen molar-refractivity contribution in [3.05, 3.63) is 71.9 Å². The summed E-state index contributed by atoms with van der Waals surface area (Å²) in [5.74, 6) is 0.689. The first-order valence-electron chi connectivity index (χ1n) is 10.4. The molecule has 2 aliphatic rings. The molecule has 4 rings (SSSR count). The van der Waals surface area contributed by atoms with Crippen LogP contribution in [0, 0.1) is 0 Å². The fourth-order valence-electron chi connectivity index (χ4n) is 4.12. The summed E-state index contributed by atoms with van der Waals surface area (Å²) in [6, 6.07) is 18.5. The van der Waals surface area contributed by atoms with Gasteiger partial charge in [-0.15, -0.1) is 0 Å². The largest absolute Gasteiger partial charge is 0.386 e. The third kappa shape index (κ3) is 4.24. The van der Waals surface area contributed by atoms with E-state index in [2.05, 4.69) is 41.0 Å². The number of amidine groups is 1. The number of hydrogen-bond donors (Lipinski definition) is 1. The van der Waals surface area contributed by atoms with Gasteiger partial charge in [0.1, 0.15) is 5.84 Å². The van der Waals surface area contributed by atoms with E-state index in [1.165, 1.54) is 0 Å². The molecule has 156 valence electrons. The Hall–Kier alpha value is -3.12. The average molecular weight is 404 g/mol. The smallest absolute Gasteiger partial charge is 0.253 e. The van der Waals surface area contributed by atoms with Gasteiger partial charge in [-0.2, -0.15) is 0 Å². The van der Waals surface area contributed by atoms with Crippen LogP contribution < -0.4 is 10.6 Å². The fourth-order valence-corrected chi connectivity index (χ4v) is 4.12. The maximum absolute atomic E-state index is 12.9. The fraction of sp³-hybridized carbons (Fsp3) is 0.333. The molecule has 0 saturated carbocycles. The first-order chi connectivity index (χ1) is 14.5. The Kier molecular flexibility index (Phi) is 5.86. The molecule has 0 atom stereocenters. The number of benzene rings is 2. The highest BCUT2D eigenvalue weighted by atomic mass is 16.2. The number of aliphatic imine (C=N–C) groups is 1. The van der Waals surface area contributed by atoms with E-state index in [1.807, 2.05) is 47.4 Å². The van der Waals surface area contributed by atoms with Gasteiger partial charge >= 0.3 is 0 Å². The lowest BCUT2D eigenvalue weighted by atomic mass is 10.0. The second-order valence-electron chi connectivity index (χ2n) is 8.12. The summed E-state index contributed by atoms with van der Waals surface area (Å²) in [5, 5.41) is 0. The summed E-state index contributed by atoms with van der Waals surface area (Å²) in [7, 11) is 4.22. The number of likely N-dealkylation sites (tertiary alicyclic amines) is 1. The third-order valence-electron chi connectivity index (χ3n) is 5.94. The lowest BCUT2D eigenvalue weighted by molar-refractivity contribution is 0.0663. The Labute approximate surface area is 178 Å². The SMILES string of the molecule is CN(C)C1CCN(C(=O)c2ccc(C3=CN=C(N)CN3c3ccccc3)cc2)CC1. The van der Waals surface area contributed by atoms with Crippen molar-refractivity contribution < 1.29 is 4.79 Å². The molecule has 6 nitrogen and oxygen atoms in total. The number of nitrogens with zero attached hydrogens (tertiary/aromatic N) is 4. The van der Waals surface area contributed by atoms with Gasteiger partial charge in [0.2, 0.25) is 0 Å². The summed E-state index contributed by atoms with van der Waals surface area (Å²) < 4.78 is 0. The van der Waals surface area contributed by atoms with Crippen molar-refractivity contribution in [2.24, 2.45) is 10.7 Å². The van der Waals surface area contributed by atoms with Gasteiger partial charge in [0, 0.05) is 30.4 Å². The number of rotatable bonds is 4. The number of carbonyl (C=O) groups is 1. The van der Waals surface area contributed by atoms with Crippen LogP contribution >= 0.6 is 0 Å². The predicted molar refractivity (Wildman–Crippen MR) is 122 cm³/mol. The zero-order chi connectivity index (χ0) is 21.1. The summed E-state index contributed by atoms with van der Waals surface area (Å²) >= 11 is 0. The van der Waals surface area contributed by atoms with Crippen molar-refractivity contribution in [1.82, 2.24) is 9.80 Å². The quantitative estimate of drug-likeness (QED) is 0.852. The molecule has 2 aromatic carbocycles. The number of carbonyl (C=O) groups excluding carboxylic acids is 1. The first kappa shape index (κ1) is 20.2. The molecule has 0 aliphatic carbocycles. The number of nitrogens with two attached hydrogens (primary N) is 1. The Morgan fingerprint density at radius 3 is 2.33 bits per heavy atom. The van der Waals surface area contributed by atoms with Gasteiger partial charge in [-0.25, -0.2) is 4.99 Å². The Bertz CT molecular complexity index is 941. The van der Waals surface area contributed by atoms with Crippen LogP contribution in [0.25, 0.3) is 5.70 Å². The van der Waals surface area contributed by atoms with Crippen molar-refractivity contribution in [2.75, 3.05) is 38.6 Å². The van der Waals surface area contributed by atoms with Crippen molar-refractivity contribution in [2.45, 2.75) is 18.9 Å². The number of hydrogen-bond acceptors (Lipinski definition) is 5. The van der Waals surface area contributed by atoms with Gasteiger partial charge in [0.25, 0.3) is 5.91 Å². The number of piperidine rings is 1. The van der Waals surface area contributed by atoms with Crippen LogP contribution in [0.15, 0.2) is 65.8 Å². The maximum atomic E-state index is 12.9. The zero-order valence-corrected chi connectivity index (χ0v) is 17.7. The Morgan fingerprint density at radius 1 is 1.03 bits per heavy atom. The molecule has 1 amide bonds. The van der Waals surface area contributed by atoms with E-state index in [9.17, 15) is 4.79 Å². The molecule has 0 spiro atoms. The minimum Gasteiger partial charge on any atom is -0.386 e. The zero-order valence-electron chi connectivity index (χ0n) is 17.7. The molecule has 0 unspecified atom stereocenters. The van der Waals surface area contributed by atoms with Crippen LogP contribution in [-0.2, 0) is 0 Å². The molecule has 2 N–H and O–H groups in total. The summed E-state index contributed by atoms with van der Waals surface area (Å²) in [6.45, 7) is 2.16. The third-order valence-corrected chi connectivity index (χ3v) is 5.94. The van der Waals surface area contributed by atoms with Gasteiger partial charge in [0.05, 0.1) is 18.4 Å². The van der Waals surface area contributed by atoms with Gasteiger partial charge in [-0.05, 0) is 56.8 Å². The maximum Gasteiger partial charge on any atom is 0.253 e. The monoisotopic (exact) mass is 403 g/mol. The second kappa shape index (κ2) is 8.71. The normalized spacial score (nSPS) is 17.7. The average Bonchev–Trinajstić information content (AvgIpc) is 2.79. The van der Waals surface area contributed by atoms with E-state index < -0.39 is 0 Å². The highest BCUT2D eigenvalue weighted by Crippen LogP contribution is 2.28. The van der Waals surface area contributed by atoms with Gasteiger partial charge in [-0.1, -0.05) is 30.3 Å². The van der Waals surface area contributed by atoms with E-state index in [1.54, 1.807) is 6.20 Å². The van der Waals surface area contributed by atoms with E-state index in [0.29, 0.717) is 18.4 Å². The van der Waals surface area contributed by atoms with Gasteiger partial charge in [0.15, 0.2) is 0 Å². The van der Waals surface area contributed by atoms with Crippen LogP contribution in [0.3, 0.4) is 0 Å². The summed E-state index contributed by atoms with van der Waals surface area (Å²) in [5.41, 5.74) is 9.76. The number of amides is 1. The van der Waals surface area contributed by atoms with Crippen LogP contribution in [0.1, 0.15) is 28.8 Å². The van der Waals surface area contributed by atoms with E-state index in [-0.39, 0.29) is 5.91 Å². The molecule has 0 aromatic heterocycles. The highest BCUT2D eigenvalue weighted by Gasteiger charge is 2.25. The van der Waals surface area contributed by atoms with Crippen LogP contribution in [0.4, 0.5) is 5.69 Å². The molecule has 6 heteroatoms. The summed E-state index contributed by atoms with van der Waals surface area (Å²) in [4.78, 5) is 23.6. The molecule has 0 radical (unpaired) electrons. The van der Waals surface area contributed by atoms with Crippen molar-refractivity contribution in [1.29, 1.82) is 0 Å². The number of anilines is 1. The molecule has 0 bridgehead atoms. The van der Waals surface area contributed by atoms with Crippen molar-refractivity contribution in [3.63, 3.8) is 0 Å². The molecule has 2 heterocycles. The van der Waals surface area contributed by atoms with Gasteiger partial charge < -0.3 is 20.4 Å². The second-order valence-corrected chi connectivity index (χ2v) is 8.12. The lowest BCUT2D eigenvalue weighted by Gasteiger charge is -2.35. The highest BCUT2D eigenvalue weighted by molar-refractivity contribution is 5.97. The molecule has 1 fully saturated rings. The Balaban J connectivity index is 1.51. The molecular weight excluding hydrogens is 374 g/mol. The minimum absolute atomic E-state index is 0.110. The van der Waals surface area contributed by atoms with Crippen molar-refractivity contribution in [3.8, 4) is 0 Å². The topological polar surface area (TPSA) is 65.2 Å². The van der Waals surface area contributed by atoms with E-state index >= 15 is 0 Å². The molecule has 30 heavy (non-hydrogen) atoms. The van der Waals surface area contributed by atoms with Crippen LogP contribution in [-0.4, -0.2) is 61.3 Å². The predicted octanol–water partition coefficient (Wildman–Crippen LogP) is 3.03. The summed E-state index contributed by atoms with van der Waals surface area (Å²) in [6.07, 6.45) is 3.85. The molecule has 2 aromatic rings. The molecule has 1 saturated heterocycles. The number of para-hydroxylation sites is 1. The molecular formula is C24H29N5O. The Morgan fingerprint density at radius 2 is 1.70 bits per heavy atom. The van der Waals surface area contributed by atoms with E-state index in [4.69, 9.17) is 5.73 Å². The lowest BCUT2D eigenvalue weighted by Crippen LogP contribution is -2.44. The standard InChI is InChI=1S/C24H29N5O/c1-27(2)20-12-14-28(15-13-20)24(30)19-10-8-18(9-11-19)22-16-26-23(25)17-29(22)21-6-4-3-5-7-21/h3-11,16,20H,12-15,17H2,1-2H3,(H2,25,26). The molecule has 2 aliphatic heterocycles. The van der Waals surface area contributed by atoms with Crippen LogP contribution in [0.2, 0.25) is 0 Å².